The van der Waals surface area contributed by atoms with Crippen molar-refractivity contribution in [3.05, 3.63) is 22.7 Å². The zero-order valence-electron chi connectivity index (χ0n) is 13.2. The van der Waals surface area contributed by atoms with Gasteiger partial charge in [-0.05, 0) is 25.3 Å². The molecule has 2 unspecified atom stereocenters. The van der Waals surface area contributed by atoms with Gasteiger partial charge in [0.05, 0.1) is 0 Å². The van der Waals surface area contributed by atoms with E-state index in [9.17, 15) is 4.79 Å². The molecule has 3 rings (SSSR count). The highest BCUT2D eigenvalue weighted by atomic mass is 35.5. The molecule has 0 aromatic carbocycles. The number of nitrogens with zero attached hydrogens (tertiary/aromatic N) is 3. The van der Waals surface area contributed by atoms with Gasteiger partial charge in [-0.1, -0.05) is 5.16 Å². The third-order valence-electron chi connectivity index (χ3n) is 4.15. The molecule has 1 aliphatic heterocycles. The van der Waals surface area contributed by atoms with E-state index in [1.165, 1.54) is 0 Å². The summed E-state index contributed by atoms with van der Waals surface area (Å²) >= 11 is 1.59. The van der Waals surface area contributed by atoms with Crippen molar-refractivity contribution in [1.29, 1.82) is 0 Å². The average molecular weight is 357 g/mol. The van der Waals surface area contributed by atoms with Gasteiger partial charge in [0.2, 0.25) is 17.6 Å². The van der Waals surface area contributed by atoms with Crippen molar-refractivity contribution in [2.75, 3.05) is 13.1 Å². The molecule has 0 spiro atoms. The molecule has 0 radical (unpaired) electrons. The molecule has 3 heterocycles. The number of rotatable bonds is 4. The minimum atomic E-state index is 0. The molecule has 1 fully saturated rings. The number of carbonyl (C=O) groups excluding carboxylic acids is 1. The van der Waals surface area contributed by atoms with Gasteiger partial charge >= 0.3 is 0 Å². The Morgan fingerprint density at radius 2 is 2.35 bits per heavy atom. The average Bonchev–Trinajstić information content (AvgIpc) is 3.18. The maximum Gasteiger partial charge on any atom is 0.227 e. The molecular weight excluding hydrogens is 336 g/mol. The first kappa shape index (κ1) is 17.9. The van der Waals surface area contributed by atoms with Crippen molar-refractivity contribution in [2.45, 2.75) is 38.8 Å². The van der Waals surface area contributed by atoms with Crippen molar-refractivity contribution in [2.24, 2.45) is 0 Å². The monoisotopic (exact) mass is 356 g/mol. The lowest BCUT2D eigenvalue weighted by Crippen LogP contribution is -2.57. The van der Waals surface area contributed by atoms with E-state index in [2.05, 4.69) is 29.3 Å². The Hall–Kier alpha value is -1.44. The number of amides is 1. The third-order valence-corrected chi connectivity index (χ3v) is 4.84. The standard InChI is InChI=1S/C15H20N4O2S.ClH/c1-10-11(2)19(7-6-16-10)14(20)4-3-13-17-15(18-21-13)12-5-8-22-9-12;/h5,8-11,16H,3-4,6-7H2,1-2H3;1H. The van der Waals surface area contributed by atoms with Crippen molar-refractivity contribution in [1.82, 2.24) is 20.4 Å². The minimum Gasteiger partial charge on any atom is -0.339 e. The summed E-state index contributed by atoms with van der Waals surface area (Å²) in [5.41, 5.74) is 0.955. The van der Waals surface area contributed by atoms with Crippen LogP contribution in [0.5, 0.6) is 0 Å². The highest BCUT2D eigenvalue weighted by Gasteiger charge is 2.27. The first-order valence-corrected chi connectivity index (χ1v) is 8.47. The molecular formula is C15H21ClN4O2S. The van der Waals surface area contributed by atoms with Crippen LogP contribution in [0.3, 0.4) is 0 Å². The fourth-order valence-electron chi connectivity index (χ4n) is 2.63. The molecule has 1 N–H and O–H groups in total. The number of aryl methyl sites for hydroxylation is 1. The summed E-state index contributed by atoms with van der Waals surface area (Å²) in [5, 5.41) is 11.3. The van der Waals surface area contributed by atoms with E-state index in [0.29, 0.717) is 30.6 Å². The first-order chi connectivity index (χ1) is 10.6. The number of piperazine rings is 1. The number of nitrogens with one attached hydrogen (secondary N) is 1. The molecule has 0 aliphatic carbocycles. The largest absolute Gasteiger partial charge is 0.339 e. The summed E-state index contributed by atoms with van der Waals surface area (Å²) in [6, 6.07) is 2.49. The van der Waals surface area contributed by atoms with E-state index in [1.807, 2.05) is 21.7 Å². The predicted molar refractivity (Wildman–Crippen MR) is 91.8 cm³/mol. The summed E-state index contributed by atoms with van der Waals surface area (Å²) in [7, 11) is 0. The summed E-state index contributed by atoms with van der Waals surface area (Å²) in [6.45, 7) is 5.79. The van der Waals surface area contributed by atoms with Gasteiger partial charge in [-0.2, -0.15) is 16.3 Å². The highest BCUT2D eigenvalue weighted by Crippen LogP contribution is 2.19. The normalized spacial score (nSPS) is 21.0. The van der Waals surface area contributed by atoms with E-state index in [4.69, 9.17) is 4.52 Å². The first-order valence-electron chi connectivity index (χ1n) is 7.53. The van der Waals surface area contributed by atoms with Crippen molar-refractivity contribution in [3.8, 4) is 11.4 Å². The molecule has 126 valence electrons. The smallest absolute Gasteiger partial charge is 0.227 e. The van der Waals surface area contributed by atoms with Gasteiger partial charge in [0.1, 0.15) is 0 Å². The second-order valence-electron chi connectivity index (χ2n) is 5.59. The van der Waals surface area contributed by atoms with Gasteiger partial charge in [-0.3, -0.25) is 4.79 Å². The lowest BCUT2D eigenvalue weighted by Gasteiger charge is -2.38. The molecule has 1 amide bonds. The predicted octanol–water partition coefficient (Wildman–Crippen LogP) is 2.36. The van der Waals surface area contributed by atoms with Crippen LogP contribution in [0.4, 0.5) is 0 Å². The third kappa shape index (κ3) is 4.10. The van der Waals surface area contributed by atoms with E-state index in [1.54, 1.807) is 11.3 Å². The number of carbonyl (C=O) groups is 1. The molecule has 0 bridgehead atoms. The fourth-order valence-corrected chi connectivity index (χ4v) is 3.27. The van der Waals surface area contributed by atoms with Crippen molar-refractivity contribution in [3.63, 3.8) is 0 Å². The van der Waals surface area contributed by atoms with Gasteiger partial charge in [0.25, 0.3) is 0 Å². The molecule has 1 saturated heterocycles. The minimum absolute atomic E-state index is 0. The summed E-state index contributed by atoms with van der Waals surface area (Å²) < 4.78 is 5.23. The van der Waals surface area contributed by atoms with Crippen LogP contribution >= 0.6 is 23.7 Å². The Kier molecular flexibility index (Phi) is 6.15. The van der Waals surface area contributed by atoms with Crippen LogP contribution in [-0.2, 0) is 11.2 Å². The maximum atomic E-state index is 12.4. The molecule has 1 aliphatic rings. The van der Waals surface area contributed by atoms with Crippen LogP contribution < -0.4 is 5.32 Å². The molecule has 6 nitrogen and oxygen atoms in total. The zero-order chi connectivity index (χ0) is 15.5. The maximum absolute atomic E-state index is 12.4. The van der Waals surface area contributed by atoms with Gasteiger partial charge < -0.3 is 14.7 Å². The zero-order valence-corrected chi connectivity index (χ0v) is 14.8. The van der Waals surface area contributed by atoms with Crippen LogP contribution in [0.25, 0.3) is 11.4 Å². The molecule has 2 aromatic rings. The fraction of sp³-hybridized carbons (Fsp3) is 0.533. The van der Waals surface area contributed by atoms with Gasteiger partial charge in [0.15, 0.2) is 0 Å². The quantitative estimate of drug-likeness (QED) is 0.910. The lowest BCUT2D eigenvalue weighted by atomic mass is 10.1. The molecule has 0 saturated carbocycles. The topological polar surface area (TPSA) is 71.3 Å². The molecule has 2 aromatic heterocycles. The summed E-state index contributed by atoms with van der Waals surface area (Å²) in [4.78, 5) is 18.7. The van der Waals surface area contributed by atoms with Crippen LogP contribution in [0, 0.1) is 0 Å². The number of halogens is 1. The van der Waals surface area contributed by atoms with Crippen LogP contribution in [0.2, 0.25) is 0 Å². The SMILES string of the molecule is CC1NCCN(C(=O)CCc2nc(-c3ccsc3)no2)C1C.Cl. The second kappa shape index (κ2) is 7.90. The number of aromatic nitrogens is 2. The molecule has 8 heteroatoms. The van der Waals surface area contributed by atoms with Crippen LogP contribution in [0.1, 0.15) is 26.2 Å². The highest BCUT2D eigenvalue weighted by molar-refractivity contribution is 7.08. The van der Waals surface area contributed by atoms with E-state index in [-0.39, 0.29) is 24.4 Å². The Morgan fingerprint density at radius 3 is 3.09 bits per heavy atom. The Bertz CT molecular complexity index is 631. The van der Waals surface area contributed by atoms with Gasteiger partial charge in [-0.25, -0.2) is 0 Å². The number of hydrogen-bond donors (Lipinski definition) is 1. The van der Waals surface area contributed by atoms with Crippen LogP contribution in [0.15, 0.2) is 21.3 Å². The van der Waals surface area contributed by atoms with E-state index in [0.717, 1.165) is 18.7 Å². The summed E-state index contributed by atoms with van der Waals surface area (Å²) in [5.74, 6) is 1.26. The Morgan fingerprint density at radius 1 is 1.52 bits per heavy atom. The number of hydrogen-bond acceptors (Lipinski definition) is 6. The summed E-state index contributed by atoms with van der Waals surface area (Å²) in [6.07, 6.45) is 0.892. The van der Waals surface area contributed by atoms with Crippen LogP contribution in [-0.4, -0.2) is 46.1 Å². The number of thiophene rings is 1. The lowest BCUT2D eigenvalue weighted by molar-refractivity contribution is -0.134. The van der Waals surface area contributed by atoms with Crippen molar-refractivity contribution < 1.29 is 9.32 Å². The Labute approximate surface area is 145 Å². The Balaban J connectivity index is 0.00000192. The molecule has 23 heavy (non-hydrogen) atoms. The van der Waals surface area contributed by atoms with E-state index < -0.39 is 0 Å². The van der Waals surface area contributed by atoms with E-state index >= 15 is 0 Å². The van der Waals surface area contributed by atoms with Gasteiger partial charge in [-0.15, -0.1) is 12.4 Å². The van der Waals surface area contributed by atoms with Crippen molar-refractivity contribution >= 4 is 29.7 Å². The second-order valence-corrected chi connectivity index (χ2v) is 6.37. The van der Waals surface area contributed by atoms with Gasteiger partial charge in [0, 0.05) is 49.0 Å². The molecule has 2 atom stereocenters.